The summed E-state index contributed by atoms with van der Waals surface area (Å²) in [5.74, 6) is 0.977. The van der Waals surface area contributed by atoms with E-state index in [2.05, 4.69) is 56.5 Å². The highest BCUT2D eigenvalue weighted by atomic mass is 15.3. The number of fused-ring (bicyclic) bond motifs is 1. The Morgan fingerprint density at radius 2 is 1.82 bits per heavy atom. The maximum Gasteiger partial charge on any atom is 0.186 e. The van der Waals surface area contributed by atoms with Crippen LogP contribution < -0.4 is 10.2 Å². The number of hydrogen-bond acceptors (Lipinski definition) is 5. The molecule has 0 bridgehead atoms. The third kappa shape index (κ3) is 2.31. The number of aromatic nitrogens is 4. The van der Waals surface area contributed by atoms with Crippen LogP contribution in [0.3, 0.4) is 0 Å². The van der Waals surface area contributed by atoms with E-state index >= 15 is 0 Å². The number of nitrogens with zero attached hydrogens (tertiary/aromatic N) is 5. The molecule has 0 aliphatic carbocycles. The van der Waals surface area contributed by atoms with Gasteiger partial charge in [-0.15, -0.1) is 5.10 Å². The van der Waals surface area contributed by atoms with Gasteiger partial charge in [-0.3, -0.25) is 0 Å². The summed E-state index contributed by atoms with van der Waals surface area (Å²) >= 11 is 0. The van der Waals surface area contributed by atoms with Crippen molar-refractivity contribution in [2.75, 3.05) is 31.1 Å². The predicted molar refractivity (Wildman–Crippen MR) is 86.5 cm³/mol. The molecule has 1 fully saturated rings. The first-order chi connectivity index (χ1) is 10.8. The SMILES string of the molecule is Cc1ccc(-n2cc3c(N4CCNCC4)ncnc3n2)cc1. The third-order valence-corrected chi connectivity index (χ3v) is 4.01. The standard InChI is InChI=1S/C16H18N6/c1-12-2-4-13(5-3-12)22-10-14-15(20-22)18-11-19-16(14)21-8-6-17-7-9-21/h2-5,10-11,17H,6-9H2,1H3. The lowest BCUT2D eigenvalue weighted by Gasteiger charge is -2.28. The molecule has 0 radical (unpaired) electrons. The summed E-state index contributed by atoms with van der Waals surface area (Å²) in [5.41, 5.74) is 3.01. The Kier molecular flexibility index (Phi) is 3.23. The molecule has 0 spiro atoms. The van der Waals surface area contributed by atoms with Gasteiger partial charge in [0.1, 0.15) is 12.1 Å². The molecule has 0 unspecified atom stereocenters. The van der Waals surface area contributed by atoms with Crippen molar-refractivity contribution >= 4 is 16.9 Å². The van der Waals surface area contributed by atoms with Gasteiger partial charge in [0.25, 0.3) is 0 Å². The van der Waals surface area contributed by atoms with Gasteiger partial charge in [-0.2, -0.15) is 0 Å². The normalized spacial score (nSPS) is 15.4. The van der Waals surface area contributed by atoms with Crippen molar-refractivity contribution < 1.29 is 0 Å². The van der Waals surface area contributed by atoms with Gasteiger partial charge >= 0.3 is 0 Å². The Morgan fingerprint density at radius 3 is 2.59 bits per heavy atom. The van der Waals surface area contributed by atoms with Crippen LogP contribution in [0, 0.1) is 6.92 Å². The van der Waals surface area contributed by atoms with Crippen LogP contribution in [-0.2, 0) is 0 Å². The van der Waals surface area contributed by atoms with Crippen molar-refractivity contribution in [3.05, 3.63) is 42.4 Å². The zero-order valence-electron chi connectivity index (χ0n) is 12.5. The van der Waals surface area contributed by atoms with Crippen LogP contribution in [0.2, 0.25) is 0 Å². The Labute approximate surface area is 128 Å². The molecular weight excluding hydrogens is 276 g/mol. The number of nitrogens with one attached hydrogen (secondary N) is 1. The number of anilines is 1. The average molecular weight is 294 g/mol. The van der Waals surface area contributed by atoms with Gasteiger partial charge in [-0.25, -0.2) is 14.6 Å². The van der Waals surface area contributed by atoms with E-state index in [0.29, 0.717) is 0 Å². The molecule has 0 atom stereocenters. The van der Waals surface area contributed by atoms with E-state index in [9.17, 15) is 0 Å². The van der Waals surface area contributed by atoms with Crippen molar-refractivity contribution in [1.82, 2.24) is 25.1 Å². The summed E-state index contributed by atoms with van der Waals surface area (Å²) in [7, 11) is 0. The lowest BCUT2D eigenvalue weighted by Crippen LogP contribution is -2.43. The Bertz CT molecular complexity index is 786. The van der Waals surface area contributed by atoms with E-state index in [1.54, 1.807) is 6.33 Å². The molecule has 1 aliphatic heterocycles. The number of benzene rings is 1. The highest BCUT2D eigenvalue weighted by Gasteiger charge is 2.17. The molecule has 1 aromatic carbocycles. The minimum atomic E-state index is 0.740. The van der Waals surface area contributed by atoms with Crippen molar-refractivity contribution in [2.45, 2.75) is 6.92 Å². The predicted octanol–water partition coefficient (Wildman–Crippen LogP) is 1.53. The zero-order valence-corrected chi connectivity index (χ0v) is 12.5. The lowest BCUT2D eigenvalue weighted by molar-refractivity contribution is 0.586. The van der Waals surface area contributed by atoms with E-state index in [1.165, 1.54) is 5.56 Å². The molecule has 3 heterocycles. The molecule has 1 aliphatic rings. The third-order valence-electron chi connectivity index (χ3n) is 4.01. The topological polar surface area (TPSA) is 58.9 Å². The summed E-state index contributed by atoms with van der Waals surface area (Å²) in [5, 5.41) is 8.96. The fraction of sp³-hybridized carbons (Fsp3) is 0.312. The monoisotopic (exact) mass is 294 g/mol. The molecule has 1 saturated heterocycles. The first-order valence-electron chi connectivity index (χ1n) is 7.54. The van der Waals surface area contributed by atoms with Crippen molar-refractivity contribution in [2.24, 2.45) is 0 Å². The second-order valence-corrected chi connectivity index (χ2v) is 5.58. The van der Waals surface area contributed by atoms with E-state index < -0.39 is 0 Å². The second-order valence-electron chi connectivity index (χ2n) is 5.58. The van der Waals surface area contributed by atoms with Gasteiger partial charge in [-0.1, -0.05) is 17.7 Å². The maximum absolute atomic E-state index is 4.59. The first-order valence-corrected chi connectivity index (χ1v) is 7.54. The van der Waals surface area contributed by atoms with E-state index in [-0.39, 0.29) is 0 Å². The quantitative estimate of drug-likeness (QED) is 0.777. The van der Waals surface area contributed by atoms with Gasteiger partial charge in [0.05, 0.1) is 11.1 Å². The van der Waals surface area contributed by atoms with E-state index in [4.69, 9.17) is 0 Å². The molecule has 4 rings (SSSR count). The average Bonchev–Trinajstić information content (AvgIpc) is 3.00. The number of piperazine rings is 1. The fourth-order valence-electron chi connectivity index (χ4n) is 2.78. The Hall–Kier alpha value is -2.47. The molecule has 0 amide bonds. The van der Waals surface area contributed by atoms with Gasteiger partial charge < -0.3 is 10.2 Å². The highest BCUT2D eigenvalue weighted by Crippen LogP contribution is 2.23. The van der Waals surface area contributed by atoms with Crippen LogP contribution in [0.25, 0.3) is 16.7 Å². The van der Waals surface area contributed by atoms with Gasteiger partial charge in [-0.05, 0) is 19.1 Å². The Morgan fingerprint density at radius 1 is 1.05 bits per heavy atom. The summed E-state index contributed by atoms with van der Waals surface area (Å²) in [4.78, 5) is 11.1. The molecular formula is C16H18N6. The summed E-state index contributed by atoms with van der Waals surface area (Å²) in [6.07, 6.45) is 3.63. The second kappa shape index (κ2) is 5.38. The van der Waals surface area contributed by atoms with Gasteiger partial charge in [0, 0.05) is 32.4 Å². The molecule has 2 aromatic heterocycles. The smallest absolute Gasteiger partial charge is 0.186 e. The molecule has 6 nitrogen and oxygen atoms in total. The first kappa shape index (κ1) is 13.2. The van der Waals surface area contributed by atoms with Gasteiger partial charge in [0.15, 0.2) is 5.65 Å². The molecule has 1 N–H and O–H groups in total. The van der Waals surface area contributed by atoms with Crippen LogP contribution in [0.5, 0.6) is 0 Å². The Balaban J connectivity index is 1.78. The highest BCUT2D eigenvalue weighted by molar-refractivity contribution is 5.86. The van der Waals surface area contributed by atoms with Crippen molar-refractivity contribution in [1.29, 1.82) is 0 Å². The minimum absolute atomic E-state index is 0.740. The number of aryl methyl sites for hydroxylation is 1. The van der Waals surface area contributed by atoms with E-state index in [1.807, 2.05) is 10.9 Å². The van der Waals surface area contributed by atoms with Crippen molar-refractivity contribution in [3.63, 3.8) is 0 Å². The molecule has 22 heavy (non-hydrogen) atoms. The van der Waals surface area contributed by atoms with Crippen molar-refractivity contribution in [3.8, 4) is 5.69 Å². The summed E-state index contributed by atoms with van der Waals surface area (Å²) in [6, 6.07) is 8.31. The fourth-order valence-corrected chi connectivity index (χ4v) is 2.78. The van der Waals surface area contributed by atoms with Crippen LogP contribution >= 0.6 is 0 Å². The number of rotatable bonds is 2. The summed E-state index contributed by atoms with van der Waals surface area (Å²) in [6.45, 7) is 5.97. The zero-order chi connectivity index (χ0) is 14.9. The van der Waals surface area contributed by atoms with Crippen LogP contribution in [0.1, 0.15) is 5.56 Å². The van der Waals surface area contributed by atoms with Gasteiger partial charge in [0.2, 0.25) is 0 Å². The molecule has 6 heteroatoms. The van der Waals surface area contributed by atoms with Crippen LogP contribution in [0.4, 0.5) is 5.82 Å². The van der Waals surface area contributed by atoms with E-state index in [0.717, 1.165) is 48.7 Å². The molecule has 112 valence electrons. The van der Waals surface area contributed by atoms with Crippen LogP contribution in [-0.4, -0.2) is 45.9 Å². The lowest BCUT2D eigenvalue weighted by atomic mass is 10.2. The maximum atomic E-state index is 4.59. The largest absolute Gasteiger partial charge is 0.353 e. The summed E-state index contributed by atoms with van der Waals surface area (Å²) < 4.78 is 1.88. The number of hydrogen-bond donors (Lipinski definition) is 1. The van der Waals surface area contributed by atoms with Crippen LogP contribution in [0.15, 0.2) is 36.8 Å². The minimum Gasteiger partial charge on any atom is -0.353 e. The molecule has 3 aromatic rings. The molecule has 0 saturated carbocycles.